The van der Waals surface area contributed by atoms with Crippen molar-refractivity contribution >= 4 is 100 Å². The highest BCUT2D eigenvalue weighted by Gasteiger charge is 2.58. The van der Waals surface area contributed by atoms with Gasteiger partial charge in [0.1, 0.15) is 0 Å². The Morgan fingerprint density at radius 2 is 0.975 bits per heavy atom. The Balaban J connectivity index is 1.14. The van der Waals surface area contributed by atoms with Gasteiger partial charge in [-0.15, -0.1) is 11.3 Å². The normalized spacial score (nSPS) is 18.6. The van der Waals surface area contributed by atoms with Crippen LogP contribution in [0.3, 0.4) is 0 Å². The van der Waals surface area contributed by atoms with E-state index in [0.29, 0.717) is 0 Å². The molecular weight excluding hydrogens is 974 g/mol. The maximum Gasteiger partial charge on any atom is 0.252 e. The fraction of sp³-hybridized carbons (Fsp3) is 0.270. The van der Waals surface area contributed by atoms with Crippen molar-refractivity contribution in [1.82, 2.24) is 0 Å². The van der Waals surface area contributed by atoms with Crippen molar-refractivity contribution in [3.05, 3.63) is 210 Å². The van der Waals surface area contributed by atoms with Crippen molar-refractivity contribution in [2.75, 3.05) is 14.7 Å². The standard InChI is InChI=1S/C74H72BN3S/c1-70(2,3)50-34-38-60(56(42-50)48-25-16-13-17-26-48)76-63-43-51(71(4,5)6)32-35-58(63)75-59-36-33-52(72(7,8)9)44-64(59)77(62-29-22-28-55-54-27-18-19-30-67(54)79-69(55)62)66-46-53(45-65(76)68(66)75)78-61-37-31-49(47-23-14-12-15-24-47)41-57(61)73(10)39-20-21-40-74(73,78)11/h12-19,22-38,41-46H,20-21,39-40H2,1-11H3. The lowest BCUT2D eigenvalue weighted by Gasteiger charge is -2.51. The molecule has 3 aliphatic heterocycles. The van der Waals surface area contributed by atoms with E-state index in [1.165, 1.54) is 139 Å². The summed E-state index contributed by atoms with van der Waals surface area (Å²) in [6.07, 6.45) is 4.66. The molecule has 0 radical (unpaired) electrons. The van der Waals surface area contributed by atoms with Gasteiger partial charge >= 0.3 is 0 Å². The van der Waals surface area contributed by atoms with Crippen molar-refractivity contribution in [1.29, 1.82) is 0 Å². The summed E-state index contributed by atoms with van der Waals surface area (Å²) in [5.41, 5.74) is 24.0. The van der Waals surface area contributed by atoms with E-state index in [4.69, 9.17) is 0 Å². The highest BCUT2D eigenvalue weighted by atomic mass is 32.1. The molecule has 392 valence electrons. The SMILES string of the molecule is CC(C)(C)c1ccc(N2c3cc(C(C)(C)C)ccc3B3c4ccc(C(C)(C)C)cc4N(c4cccc5c4sc4ccccc45)c4cc(N5c6ccc(-c7ccccc7)cc6C6(C)CCCCC56C)cc2c43)c(-c2ccccc2)c1. The molecule has 0 N–H and O–H groups in total. The second-order valence-corrected chi connectivity index (χ2v) is 27.9. The summed E-state index contributed by atoms with van der Waals surface area (Å²) < 4.78 is 2.63. The number of hydrogen-bond donors (Lipinski definition) is 0. The van der Waals surface area contributed by atoms with E-state index in [2.05, 4.69) is 279 Å². The summed E-state index contributed by atoms with van der Waals surface area (Å²) in [5.74, 6) is 0. The number of fused-ring (bicyclic) bond motifs is 10. The first kappa shape index (κ1) is 49.9. The number of benzene rings is 9. The molecule has 1 aliphatic carbocycles. The second-order valence-electron chi connectivity index (χ2n) is 26.9. The first-order valence-corrected chi connectivity index (χ1v) is 29.8. The van der Waals surface area contributed by atoms with Gasteiger partial charge < -0.3 is 14.7 Å². The highest BCUT2D eigenvalue weighted by Crippen LogP contribution is 2.63. The van der Waals surface area contributed by atoms with Gasteiger partial charge in [0.2, 0.25) is 0 Å². The van der Waals surface area contributed by atoms with Gasteiger partial charge in [-0.1, -0.05) is 209 Å². The molecular formula is C74H72BN3S. The Bertz CT molecular complexity index is 4100. The molecule has 10 aromatic rings. The van der Waals surface area contributed by atoms with Crippen LogP contribution in [0.25, 0.3) is 42.4 Å². The zero-order valence-electron chi connectivity index (χ0n) is 48.1. The van der Waals surface area contributed by atoms with Gasteiger partial charge in [0, 0.05) is 60.6 Å². The molecule has 2 unspecified atom stereocenters. The summed E-state index contributed by atoms with van der Waals surface area (Å²) in [5, 5.41) is 2.62. The smallest absolute Gasteiger partial charge is 0.252 e. The highest BCUT2D eigenvalue weighted by molar-refractivity contribution is 7.26. The molecule has 1 fully saturated rings. The number of rotatable bonds is 5. The Labute approximate surface area is 473 Å². The summed E-state index contributed by atoms with van der Waals surface area (Å²) in [4.78, 5) is 8.26. The van der Waals surface area contributed by atoms with E-state index in [1.54, 1.807) is 0 Å². The predicted octanol–water partition coefficient (Wildman–Crippen LogP) is 19.1. The predicted molar refractivity (Wildman–Crippen MR) is 343 cm³/mol. The minimum Gasteiger partial charge on any atom is -0.334 e. The minimum atomic E-state index is -0.202. The molecule has 0 spiro atoms. The molecule has 4 heterocycles. The van der Waals surface area contributed by atoms with Gasteiger partial charge in [0.25, 0.3) is 6.71 Å². The zero-order chi connectivity index (χ0) is 54.5. The van der Waals surface area contributed by atoms with E-state index in [0.717, 1.165) is 12.8 Å². The average Bonchev–Trinajstić information content (AvgIpc) is 3.72. The van der Waals surface area contributed by atoms with Gasteiger partial charge in [0.15, 0.2) is 0 Å². The summed E-state index contributed by atoms with van der Waals surface area (Å²) in [6, 6.07) is 73.3. The van der Waals surface area contributed by atoms with E-state index in [9.17, 15) is 0 Å². The topological polar surface area (TPSA) is 9.72 Å². The van der Waals surface area contributed by atoms with Crippen LogP contribution in [0.5, 0.6) is 0 Å². The number of hydrogen-bond acceptors (Lipinski definition) is 4. The Morgan fingerprint density at radius 1 is 0.430 bits per heavy atom. The molecule has 1 saturated carbocycles. The monoisotopic (exact) mass is 1050 g/mol. The molecule has 4 aliphatic rings. The molecule has 14 rings (SSSR count). The maximum absolute atomic E-state index is 2.83. The summed E-state index contributed by atoms with van der Waals surface area (Å²) in [6.45, 7) is 26.4. The third kappa shape index (κ3) is 7.58. The van der Waals surface area contributed by atoms with Crippen molar-refractivity contribution < 1.29 is 0 Å². The average molecular weight is 1050 g/mol. The summed E-state index contributed by atoms with van der Waals surface area (Å²) in [7, 11) is 0. The van der Waals surface area contributed by atoms with Crippen molar-refractivity contribution in [3.8, 4) is 22.3 Å². The van der Waals surface area contributed by atoms with E-state index in [-0.39, 0.29) is 33.9 Å². The molecule has 0 saturated heterocycles. The van der Waals surface area contributed by atoms with Crippen molar-refractivity contribution in [2.45, 2.75) is 129 Å². The maximum atomic E-state index is 2.83. The van der Waals surface area contributed by atoms with Gasteiger partial charge in [-0.05, 0) is 152 Å². The number of thiophene rings is 1. The largest absolute Gasteiger partial charge is 0.334 e. The van der Waals surface area contributed by atoms with Crippen LogP contribution in [-0.2, 0) is 21.7 Å². The zero-order valence-corrected chi connectivity index (χ0v) is 48.9. The molecule has 9 aromatic carbocycles. The Morgan fingerprint density at radius 3 is 1.62 bits per heavy atom. The van der Waals surface area contributed by atoms with E-state index >= 15 is 0 Å². The molecule has 2 atom stereocenters. The van der Waals surface area contributed by atoms with Crippen LogP contribution in [0, 0.1) is 0 Å². The summed E-state index contributed by atoms with van der Waals surface area (Å²) >= 11 is 1.93. The van der Waals surface area contributed by atoms with E-state index < -0.39 is 0 Å². The second kappa shape index (κ2) is 17.6. The van der Waals surface area contributed by atoms with Gasteiger partial charge in [-0.25, -0.2) is 0 Å². The van der Waals surface area contributed by atoms with Crippen LogP contribution in [0.2, 0.25) is 0 Å². The lowest BCUT2D eigenvalue weighted by Crippen LogP contribution is -2.61. The number of nitrogens with zero attached hydrogens (tertiary/aromatic N) is 3. The van der Waals surface area contributed by atoms with Crippen LogP contribution in [0.15, 0.2) is 188 Å². The first-order chi connectivity index (χ1) is 37.8. The van der Waals surface area contributed by atoms with Crippen LogP contribution in [0.4, 0.5) is 45.5 Å². The lowest BCUT2D eigenvalue weighted by molar-refractivity contribution is 0.195. The number of anilines is 8. The molecule has 5 heteroatoms. The Hall–Kier alpha value is -7.34. The van der Waals surface area contributed by atoms with Gasteiger partial charge in [-0.2, -0.15) is 0 Å². The van der Waals surface area contributed by atoms with E-state index in [1.807, 2.05) is 11.3 Å². The first-order valence-electron chi connectivity index (χ1n) is 29.0. The quantitative estimate of drug-likeness (QED) is 0.159. The van der Waals surface area contributed by atoms with Crippen molar-refractivity contribution in [3.63, 3.8) is 0 Å². The fourth-order valence-electron chi connectivity index (χ4n) is 14.5. The molecule has 1 aromatic heterocycles. The molecule has 3 nitrogen and oxygen atoms in total. The third-order valence-electron chi connectivity index (χ3n) is 19.1. The third-order valence-corrected chi connectivity index (χ3v) is 20.3. The molecule has 0 amide bonds. The van der Waals surface area contributed by atoms with Crippen LogP contribution < -0.4 is 31.1 Å². The van der Waals surface area contributed by atoms with Gasteiger partial charge in [0.05, 0.1) is 21.6 Å². The van der Waals surface area contributed by atoms with Crippen LogP contribution in [0.1, 0.15) is 124 Å². The van der Waals surface area contributed by atoms with Crippen LogP contribution >= 0.6 is 11.3 Å². The minimum absolute atomic E-state index is 0.0370. The lowest BCUT2D eigenvalue weighted by atomic mass is 9.33. The van der Waals surface area contributed by atoms with Crippen LogP contribution in [-0.4, -0.2) is 12.3 Å². The fourth-order valence-corrected chi connectivity index (χ4v) is 15.7. The Kier molecular flexibility index (Phi) is 11.1. The van der Waals surface area contributed by atoms with Gasteiger partial charge in [-0.3, -0.25) is 0 Å². The molecule has 79 heavy (non-hydrogen) atoms. The van der Waals surface area contributed by atoms with Crippen molar-refractivity contribution in [2.24, 2.45) is 0 Å². The molecule has 0 bridgehead atoms.